The highest BCUT2D eigenvalue weighted by molar-refractivity contribution is 5.71. The number of alkyl carbamates (subject to hydrolysis) is 1. The van der Waals surface area contributed by atoms with Gasteiger partial charge in [0.2, 0.25) is 0 Å². The third-order valence-corrected chi connectivity index (χ3v) is 4.09. The summed E-state index contributed by atoms with van der Waals surface area (Å²) >= 11 is 0. The second kappa shape index (κ2) is 7.40. The van der Waals surface area contributed by atoms with Crippen molar-refractivity contribution < 1.29 is 18.3 Å². The van der Waals surface area contributed by atoms with Gasteiger partial charge in [-0.2, -0.15) is 0 Å². The summed E-state index contributed by atoms with van der Waals surface area (Å²) in [6.07, 6.45) is 5.89. The highest BCUT2D eigenvalue weighted by Crippen LogP contribution is 2.37. The molecule has 28 heavy (non-hydrogen) atoms. The van der Waals surface area contributed by atoms with Gasteiger partial charge in [-0.3, -0.25) is 9.97 Å². The van der Waals surface area contributed by atoms with E-state index in [4.69, 9.17) is 4.74 Å². The van der Waals surface area contributed by atoms with Crippen LogP contribution in [0.25, 0.3) is 0 Å². The Bertz CT molecular complexity index is 1100. The lowest BCUT2D eigenvalue weighted by Gasteiger charge is -2.18. The van der Waals surface area contributed by atoms with Crippen molar-refractivity contribution in [3.8, 4) is 11.8 Å². The fourth-order valence-electron chi connectivity index (χ4n) is 2.85. The molecule has 0 spiro atoms. The van der Waals surface area contributed by atoms with Crippen molar-refractivity contribution in [2.45, 2.75) is 12.1 Å². The molecule has 2 aromatic heterocycles. The Morgan fingerprint density at radius 1 is 1.04 bits per heavy atom. The van der Waals surface area contributed by atoms with E-state index in [-0.39, 0.29) is 5.56 Å². The van der Waals surface area contributed by atoms with Crippen LogP contribution in [0.4, 0.5) is 13.6 Å². The van der Waals surface area contributed by atoms with Crippen molar-refractivity contribution in [2.24, 2.45) is 0 Å². The third-order valence-electron chi connectivity index (χ3n) is 4.09. The van der Waals surface area contributed by atoms with Crippen LogP contribution in [0.3, 0.4) is 0 Å². The summed E-state index contributed by atoms with van der Waals surface area (Å²) in [7, 11) is 0. The first-order valence-corrected chi connectivity index (χ1v) is 8.25. The number of carbonyl (C=O) groups is 1. The summed E-state index contributed by atoms with van der Waals surface area (Å²) in [5.74, 6) is 4.47. The molecule has 3 aromatic rings. The second-order valence-electron chi connectivity index (χ2n) is 5.96. The number of hydrogen-bond donors (Lipinski definition) is 1. The van der Waals surface area contributed by atoms with Crippen molar-refractivity contribution >= 4 is 6.09 Å². The van der Waals surface area contributed by atoms with E-state index in [0.29, 0.717) is 16.8 Å². The number of cyclic esters (lactones) is 1. The lowest BCUT2D eigenvalue weighted by molar-refractivity contribution is 0.130. The first kappa shape index (κ1) is 17.5. The Morgan fingerprint density at radius 2 is 1.93 bits per heavy atom. The zero-order chi connectivity index (χ0) is 19.5. The summed E-state index contributed by atoms with van der Waals surface area (Å²) in [6, 6.07) is 3.96. The monoisotopic (exact) mass is 378 g/mol. The average Bonchev–Trinajstić information content (AvgIpc) is 3.11. The number of amides is 1. The lowest BCUT2D eigenvalue weighted by atomic mass is 9.96. The highest BCUT2D eigenvalue weighted by Gasteiger charge is 2.38. The number of halogens is 2. The quantitative estimate of drug-likeness (QED) is 0.694. The van der Waals surface area contributed by atoms with E-state index in [0.717, 1.165) is 18.2 Å². The number of aromatic nitrogens is 3. The normalized spacial score (nSPS) is 18.0. The summed E-state index contributed by atoms with van der Waals surface area (Å²) in [4.78, 5) is 23.9. The Labute approximate surface area is 158 Å². The zero-order valence-corrected chi connectivity index (χ0v) is 14.3. The molecule has 0 bridgehead atoms. The van der Waals surface area contributed by atoms with E-state index in [1.165, 1.54) is 18.6 Å². The average molecular weight is 378 g/mol. The molecule has 2 atom stereocenters. The molecule has 1 aliphatic heterocycles. The molecule has 1 N–H and O–H groups in total. The number of rotatable bonds is 2. The smallest absolute Gasteiger partial charge is 0.408 e. The van der Waals surface area contributed by atoms with Crippen molar-refractivity contribution in [3.63, 3.8) is 0 Å². The Hall–Kier alpha value is -3.86. The van der Waals surface area contributed by atoms with Crippen LogP contribution in [0.1, 0.15) is 34.5 Å². The molecule has 138 valence electrons. The summed E-state index contributed by atoms with van der Waals surface area (Å²) < 4.78 is 33.0. The maximum absolute atomic E-state index is 14.2. The predicted octanol–water partition coefficient (Wildman–Crippen LogP) is 3.07. The number of carbonyl (C=O) groups excluding carboxylic acids is 1. The fourth-order valence-corrected chi connectivity index (χ4v) is 2.85. The molecule has 0 unspecified atom stereocenters. The predicted molar refractivity (Wildman–Crippen MR) is 93.7 cm³/mol. The van der Waals surface area contributed by atoms with Gasteiger partial charge in [-0.1, -0.05) is 5.92 Å². The Morgan fingerprint density at radius 3 is 2.75 bits per heavy atom. The molecule has 1 amide bonds. The fraction of sp³-hybridized carbons (Fsp3) is 0.100. The van der Waals surface area contributed by atoms with Gasteiger partial charge in [0, 0.05) is 35.9 Å². The summed E-state index contributed by atoms with van der Waals surface area (Å²) in [5, 5.41) is 2.61. The van der Waals surface area contributed by atoms with Crippen LogP contribution in [-0.4, -0.2) is 21.0 Å². The first-order chi connectivity index (χ1) is 13.6. The van der Waals surface area contributed by atoms with E-state index >= 15 is 0 Å². The molecule has 3 heterocycles. The molecule has 8 heteroatoms. The van der Waals surface area contributed by atoms with Gasteiger partial charge in [-0.05, 0) is 35.7 Å². The molecule has 0 aliphatic carbocycles. The van der Waals surface area contributed by atoms with Crippen molar-refractivity contribution in [3.05, 3.63) is 89.3 Å². The van der Waals surface area contributed by atoms with Gasteiger partial charge in [0.25, 0.3) is 0 Å². The van der Waals surface area contributed by atoms with Gasteiger partial charge in [0.15, 0.2) is 6.10 Å². The van der Waals surface area contributed by atoms with Gasteiger partial charge in [0.1, 0.15) is 23.4 Å². The Kier molecular flexibility index (Phi) is 4.64. The van der Waals surface area contributed by atoms with Gasteiger partial charge in [0.05, 0.1) is 6.20 Å². The number of ether oxygens (including phenoxy) is 1. The van der Waals surface area contributed by atoms with Crippen LogP contribution in [0, 0.1) is 23.5 Å². The number of hydrogen-bond acceptors (Lipinski definition) is 5. The molecule has 1 aromatic carbocycles. The molecular weight excluding hydrogens is 366 g/mol. The molecule has 0 saturated carbocycles. The largest absolute Gasteiger partial charge is 0.439 e. The molecule has 0 radical (unpaired) electrons. The van der Waals surface area contributed by atoms with E-state index in [9.17, 15) is 13.6 Å². The molecule has 4 rings (SSSR count). The maximum atomic E-state index is 14.2. The summed E-state index contributed by atoms with van der Waals surface area (Å²) in [5.41, 5.74) is 1.54. The zero-order valence-electron chi connectivity index (χ0n) is 14.3. The second-order valence-corrected chi connectivity index (χ2v) is 5.96. The topological polar surface area (TPSA) is 77.0 Å². The molecule has 1 aliphatic rings. The van der Waals surface area contributed by atoms with Crippen LogP contribution in [0.5, 0.6) is 0 Å². The number of nitrogens with zero attached hydrogens (tertiary/aromatic N) is 3. The minimum atomic E-state index is -1.03. The van der Waals surface area contributed by atoms with E-state index in [1.807, 2.05) is 0 Å². The standard InChI is InChI=1S/C20H12F2N4O2/c21-14-2-4-17(22)16(8-14)19-18(26-20(27)28-19)13-7-12(9-24-10-13)1-3-15-11-23-5-6-25-15/h2,4-11,18-19H,(H,26,27)/t18-,19-/m1/s1. The van der Waals surface area contributed by atoms with Crippen LogP contribution in [0.15, 0.2) is 55.2 Å². The van der Waals surface area contributed by atoms with Gasteiger partial charge >= 0.3 is 6.09 Å². The number of benzene rings is 1. The molecular formula is C20H12F2N4O2. The van der Waals surface area contributed by atoms with Gasteiger partial charge in [-0.25, -0.2) is 18.6 Å². The van der Waals surface area contributed by atoms with Crippen LogP contribution < -0.4 is 5.32 Å². The van der Waals surface area contributed by atoms with Crippen LogP contribution in [0.2, 0.25) is 0 Å². The molecule has 1 saturated heterocycles. The number of pyridine rings is 1. The van der Waals surface area contributed by atoms with Crippen LogP contribution >= 0.6 is 0 Å². The number of nitrogens with one attached hydrogen (secondary N) is 1. The minimum Gasteiger partial charge on any atom is -0.439 e. The van der Waals surface area contributed by atoms with E-state index < -0.39 is 29.9 Å². The van der Waals surface area contributed by atoms with Gasteiger partial charge in [-0.15, -0.1) is 0 Å². The SMILES string of the molecule is O=C1N[C@H](c2cncc(C#Cc3cnccn3)c2)[C@@H](c2cc(F)ccc2F)O1. The molecule has 6 nitrogen and oxygen atoms in total. The third kappa shape index (κ3) is 3.64. The van der Waals surface area contributed by atoms with Crippen molar-refractivity contribution in [1.82, 2.24) is 20.3 Å². The van der Waals surface area contributed by atoms with E-state index in [2.05, 4.69) is 32.1 Å². The van der Waals surface area contributed by atoms with Crippen molar-refractivity contribution in [2.75, 3.05) is 0 Å². The highest BCUT2D eigenvalue weighted by atomic mass is 19.1. The van der Waals surface area contributed by atoms with Crippen LogP contribution in [-0.2, 0) is 4.74 Å². The Balaban J connectivity index is 1.67. The first-order valence-electron chi connectivity index (χ1n) is 8.25. The van der Waals surface area contributed by atoms with E-state index in [1.54, 1.807) is 18.5 Å². The maximum Gasteiger partial charge on any atom is 0.408 e. The van der Waals surface area contributed by atoms with Crippen molar-refractivity contribution in [1.29, 1.82) is 0 Å². The molecule has 1 fully saturated rings. The van der Waals surface area contributed by atoms with Gasteiger partial charge < -0.3 is 10.1 Å². The summed E-state index contributed by atoms with van der Waals surface area (Å²) in [6.45, 7) is 0. The lowest BCUT2D eigenvalue weighted by Crippen LogP contribution is -2.20. The minimum absolute atomic E-state index is 0.0561.